The fourth-order valence-corrected chi connectivity index (χ4v) is 4.73. The topological polar surface area (TPSA) is 54.6 Å². The lowest BCUT2D eigenvalue weighted by atomic mass is 9.88. The highest BCUT2D eigenvalue weighted by atomic mass is 16.7. The molecule has 2 aliphatic rings. The van der Waals surface area contributed by atoms with Crippen molar-refractivity contribution in [3.05, 3.63) is 59.8 Å². The second kappa shape index (κ2) is 8.42. The Bertz CT molecular complexity index is 1040. The molecular weight excluding hydrogens is 376 g/mol. The third-order valence-electron chi connectivity index (χ3n) is 6.40. The fraction of sp³-hybridized carbons (Fsp3) is 0.400. The number of nitrogens with zero attached hydrogens (tertiary/aromatic N) is 1. The molecule has 5 heteroatoms. The number of para-hydroxylation sites is 1. The minimum atomic E-state index is 0.163. The van der Waals surface area contributed by atoms with Crippen LogP contribution >= 0.6 is 0 Å². The van der Waals surface area contributed by atoms with Gasteiger partial charge in [0.25, 0.3) is 0 Å². The normalized spacial score (nSPS) is 16.1. The molecule has 0 atom stereocenters. The van der Waals surface area contributed by atoms with E-state index >= 15 is 0 Å². The molecule has 1 aliphatic carbocycles. The molecule has 0 saturated heterocycles. The van der Waals surface area contributed by atoms with Gasteiger partial charge in [-0.25, -0.2) is 0 Å². The zero-order valence-corrected chi connectivity index (χ0v) is 17.2. The number of carbonyl (C=O) groups is 1. The van der Waals surface area contributed by atoms with Gasteiger partial charge in [-0.1, -0.05) is 43.5 Å². The third kappa shape index (κ3) is 3.89. The van der Waals surface area contributed by atoms with Crippen molar-refractivity contribution in [3.63, 3.8) is 0 Å². The van der Waals surface area contributed by atoms with E-state index in [0.29, 0.717) is 19.0 Å². The number of rotatable bonds is 6. The summed E-state index contributed by atoms with van der Waals surface area (Å²) < 4.78 is 11.0. The predicted octanol–water partition coefficient (Wildman–Crippen LogP) is 5.05. The Morgan fingerprint density at radius 1 is 1.03 bits per heavy atom. The second-order valence-corrected chi connectivity index (χ2v) is 8.39. The third-order valence-corrected chi connectivity index (χ3v) is 6.40. The van der Waals surface area contributed by atoms with Crippen molar-refractivity contribution < 1.29 is 14.3 Å². The highest BCUT2D eigenvalue weighted by Gasteiger charge is 2.26. The van der Waals surface area contributed by atoms with Crippen LogP contribution in [-0.4, -0.2) is 29.1 Å². The second-order valence-electron chi connectivity index (χ2n) is 8.39. The summed E-state index contributed by atoms with van der Waals surface area (Å²) in [4.78, 5) is 18.8. The molecule has 2 heterocycles. The number of amides is 1. The molecular formula is C25H28N2O3. The van der Waals surface area contributed by atoms with Crippen LogP contribution in [0.15, 0.2) is 48.7 Å². The Balaban J connectivity index is 1.35. The van der Waals surface area contributed by atoms with Crippen molar-refractivity contribution in [2.45, 2.75) is 45.1 Å². The number of hydrogen-bond acceptors (Lipinski definition) is 3. The molecule has 0 spiro atoms. The van der Waals surface area contributed by atoms with E-state index in [1.165, 1.54) is 17.4 Å². The molecule has 0 bridgehead atoms. The van der Waals surface area contributed by atoms with Crippen LogP contribution in [0.2, 0.25) is 0 Å². The number of ether oxygens (including phenoxy) is 2. The maximum atomic E-state index is 13.4. The van der Waals surface area contributed by atoms with Crippen molar-refractivity contribution in [2.75, 3.05) is 13.3 Å². The van der Waals surface area contributed by atoms with E-state index in [1.54, 1.807) is 0 Å². The maximum absolute atomic E-state index is 13.4. The quantitative estimate of drug-likeness (QED) is 0.626. The summed E-state index contributed by atoms with van der Waals surface area (Å²) >= 11 is 0. The van der Waals surface area contributed by atoms with Gasteiger partial charge in [-0.3, -0.25) is 4.79 Å². The Hall–Kier alpha value is -2.95. The van der Waals surface area contributed by atoms with Crippen molar-refractivity contribution >= 4 is 16.8 Å². The van der Waals surface area contributed by atoms with Gasteiger partial charge in [-0.2, -0.15) is 0 Å². The Morgan fingerprint density at radius 2 is 1.87 bits per heavy atom. The number of aromatic amines is 1. The predicted molar refractivity (Wildman–Crippen MR) is 117 cm³/mol. The molecule has 1 aromatic heterocycles. The highest BCUT2D eigenvalue weighted by molar-refractivity contribution is 5.83. The molecule has 1 amide bonds. The first-order valence-electron chi connectivity index (χ1n) is 11.0. The lowest BCUT2D eigenvalue weighted by Crippen LogP contribution is -2.38. The van der Waals surface area contributed by atoms with Crippen molar-refractivity contribution in [1.29, 1.82) is 0 Å². The van der Waals surface area contributed by atoms with Gasteiger partial charge in [0.05, 0.1) is 0 Å². The average molecular weight is 405 g/mol. The summed E-state index contributed by atoms with van der Waals surface area (Å²) in [6.45, 7) is 1.59. The zero-order chi connectivity index (χ0) is 20.3. The number of H-pyrrole nitrogens is 1. The van der Waals surface area contributed by atoms with Gasteiger partial charge in [-0.15, -0.1) is 0 Å². The molecule has 1 N–H and O–H groups in total. The molecule has 156 valence electrons. The van der Waals surface area contributed by atoms with Crippen LogP contribution in [0.3, 0.4) is 0 Å². The van der Waals surface area contributed by atoms with E-state index in [4.69, 9.17) is 9.47 Å². The number of benzene rings is 2. The molecule has 0 unspecified atom stereocenters. The van der Waals surface area contributed by atoms with Gasteiger partial charge in [0, 0.05) is 36.1 Å². The van der Waals surface area contributed by atoms with Crippen molar-refractivity contribution in [3.8, 4) is 11.5 Å². The van der Waals surface area contributed by atoms with E-state index in [-0.39, 0.29) is 12.7 Å². The summed E-state index contributed by atoms with van der Waals surface area (Å²) in [5, 5.41) is 1.24. The van der Waals surface area contributed by atoms with E-state index in [2.05, 4.69) is 34.3 Å². The van der Waals surface area contributed by atoms with Crippen LogP contribution in [0.1, 0.15) is 43.2 Å². The first-order chi connectivity index (χ1) is 14.8. The largest absolute Gasteiger partial charge is 0.454 e. The Labute approximate surface area is 177 Å². The summed E-state index contributed by atoms with van der Waals surface area (Å²) in [6.07, 6.45) is 8.53. The summed E-state index contributed by atoms with van der Waals surface area (Å²) in [6, 6.07) is 14.3. The van der Waals surface area contributed by atoms with Gasteiger partial charge in [-0.05, 0) is 48.6 Å². The lowest BCUT2D eigenvalue weighted by Gasteiger charge is -2.29. The molecule has 1 saturated carbocycles. The number of fused-ring (bicyclic) bond motifs is 2. The summed E-state index contributed by atoms with van der Waals surface area (Å²) in [5.74, 6) is 2.01. The minimum Gasteiger partial charge on any atom is -0.454 e. The molecule has 30 heavy (non-hydrogen) atoms. The number of aromatic nitrogens is 1. The molecule has 2 aromatic carbocycles. The van der Waals surface area contributed by atoms with Crippen LogP contribution in [0, 0.1) is 5.92 Å². The standard InChI is InChI=1S/C25H28N2O3/c28-25(19-6-2-1-3-7-19)27(16-18-10-11-23-24(14-18)30-17-29-23)13-12-20-15-26-22-9-5-4-8-21(20)22/h4-5,8-11,14-15,19,26H,1-3,6-7,12-13,16-17H2. The number of hydrogen-bond donors (Lipinski definition) is 1. The van der Waals surface area contributed by atoms with Crippen LogP contribution in [-0.2, 0) is 17.8 Å². The summed E-state index contributed by atoms with van der Waals surface area (Å²) in [7, 11) is 0. The Morgan fingerprint density at radius 3 is 2.77 bits per heavy atom. The van der Waals surface area contributed by atoms with Crippen molar-refractivity contribution in [1.82, 2.24) is 9.88 Å². The molecule has 1 fully saturated rings. The Kier molecular flexibility index (Phi) is 5.35. The van der Waals surface area contributed by atoms with Crippen molar-refractivity contribution in [2.24, 2.45) is 5.92 Å². The van der Waals surface area contributed by atoms with Crippen LogP contribution in [0.25, 0.3) is 10.9 Å². The van der Waals surface area contributed by atoms with Gasteiger partial charge in [0.15, 0.2) is 11.5 Å². The number of carbonyl (C=O) groups excluding carboxylic acids is 1. The first kappa shape index (κ1) is 19.0. The van der Waals surface area contributed by atoms with Gasteiger partial charge in [0.2, 0.25) is 12.7 Å². The SMILES string of the molecule is O=C(C1CCCCC1)N(CCc1c[nH]c2ccccc12)Cc1ccc2c(c1)OCO2. The first-order valence-corrected chi connectivity index (χ1v) is 11.0. The zero-order valence-electron chi connectivity index (χ0n) is 17.2. The van der Waals surface area contributed by atoms with Gasteiger partial charge in [0.1, 0.15) is 0 Å². The minimum absolute atomic E-state index is 0.163. The van der Waals surface area contributed by atoms with Gasteiger partial charge < -0.3 is 19.4 Å². The maximum Gasteiger partial charge on any atom is 0.231 e. The van der Waals surface area contributed by atoms with Gasteiger partial charge >= 0.3 is 0 Å². The fourth-order valence-electron chi connectivity index (χ4n) is 4.73. The van der Waals surface area contributed by atoms with E-state index in [1.807, 2.05) is 24.3 Å². The molecule has 0 radical (unpaired) electrons. The molecule has 5 nitrogen and oxygen atoms in total. The van der Waals surface area contributed by atoms with E-state index < -0.39 is 0 Å². The van der Waals surface area contributed by atoms with E-state index in [0.717, 1.165) is 54.7 Å². The highest BCUT2D eigenvalue weighted by Crippen LogP contribution is 2.33. The number of nitrogens with one attached hydrogen (secondary N) is 1. The van der Waals surface area contributed by atoms with Crippen LogP contribution in [0.4, 0.5) is 0 Å². The van der Waals surface area contributed by atoms with Crippen LogP contribution < -0.4 is 9.47 Å². The smallest absolute Gasteiger partial charge is 0.231 e. The average Bonchev–Trinajstić information content (AvgIpc) is 3.43. The molecule has 5 rings (SSSR count). The lowest BCUT2D eigenvalue weighted by molar-refractivity contribution is -0.137. The molecule has 1 aliphatic heterocycles. The summed E-state index contributed by atoms with van der Waals surface area (Å²) in [5.41, 5.74) is 3.49. The van der Waals surface area contributed by atoms with Crippen LogP contribution in [0.5, 0.6) is 11.5 Å². The monoisotopic (exact) mass is 404 g/mol. The molecule has 3 aromatic rings. The van der Waals surface area contributed by atoms with E-state index in [9.17, 15) is 4.79 Å².